The number of nitrogens with one attached hydrogen (secondary N) is 1. The number of carbonyl (C=O) groups excluding carboxylic acids is 3. The Labute approximate surface area is 197 Å². The average Bonchev–Trinajstić information content (AvgIpc) is 3.10. The fourth-order valence-electron chi connectivity index (χ4n) is 3.26. The first-order valence-corrected chi connectivity index (χ1v) is 11.6. The maximum atomic E-state index is 12.9. The van der Waals surface area contributed by atoms with Crippen molar-refractivity contribution in [2.45, 2.75) is 47.1 Å². The van der Waals surface area contributed by atoms with Crippen molar-refractivity contribution >= 4 is 45.0 Å². The minimum Gasteiger partial charge on any atom is -0.467 e. The first-order valence-electron chi connectivity index (χ1n) is 10.7. The molecule has 0 aliphatic rings. The van der Waals surface area contributed by atoms with Gasteiger partial charge in [0.25, 0.3) is 5.91 Å². The van der Waals surface area contributed by atoms with Gasteiger partial charge in [0.05, 0.1) is 17.3 Å². The third-order valence-electron chi connectivity index (χ3n) is 5.23. The van der Waals surface area contributed by atoms with E-state index in [1.165, 1.54) is 18.4 Å². The summed E-state index contributed by atoms with van der Waals surface area (Å²) in [4.78, 5) is 42.6. The molecule has 0 saturated heterocycles. The normalized spacial score (nSPS) is 13.1. The summed E-state index contributed by atoms with van der Waals surface area (Å²) in [7, 11) is 1.34. The third kappa shape index (κ3) is 5.39. The van der Waals surface area contributed by atoms with E-state index in [4.69, 9.17) is 4.74 Å². The highest BCUT2D eigenvalue weighted by Crippen LogP contribution is 2.27. The van der Waals surface area contributed by atoms with E-state index in [0.29, 0.717) is 22.5 Å². The lowest BCUT2D eigenvalue weighted by molar-refractivity contribution is -0.144. The number of nitrogens with zero attached hydrogens (tertiary/aromatic N) is 2. The molecule has 1 atom stereocenters. The van der Waals surface area contributed by atoms with E-state index in [1.54, 1.807) is 22.8 Å². The minimum absolute atomic E-state index is 0.105. The Morgan fingerprint density at radius 2 is 1.79 bits per heavy atom. The molecular formula is C25H29N3O4S. The molecule has 8 heteroatoms. The van der Waals surface area contributed by atoms with Crippen LogP contribution in [0.15, 0.2) is 47.5 Å². The van der Waals surface area contributed by atoms with E-state index in [-0.39, 0.29) is 5.91 Å². The molecule has 0 radical (unpaired) electrons. The van der Waals surface area contributed by atoms with Crippen LogP contribution >= 0.6 is 11.3 Å². The summed E-state index contributed by atoms with van der Waals surface area (Å²) >= 11 is 1.29. The number of methoxy groups -OCH3 is 1. The summed E-state index contributed by atoms with van der Waals surface area (Å²) in [5.41, 5.74) is 2.35. The van der Waals surface area contributed by atoms with Gasteiger partial charge >= 0.3 is 5.97 Å². The quantitative estimate of drug-likeness (QED) is 0.543. The van der Waals surface area contributed by atoms with Gasteiger partial charge in [-0.05, 0) is 43.7 Å². The molecule has 0 spiro atoms. The molecule has 3 aromatic rings. The second-order valence-electron chi connectivity index (χ2n) is 8.87. The Balaban J connectivity index is 2.16. The van der Waals surface area contributed by atoms with Crippen LogP contribution in [0.4, 0.5) is 5.69 Å². The average molecular weight is 468 g/mol. The highest BCUT2D eigenvalue weighted by Gasteiger charge is 2.25. The van der Waals surface area contributed by atoms with Gasteiger partial charge in [-0.25, -0.2) is 4.79 Å². The van der Waals surface area contributed by atoms with Gasteiger partial charge in [-0.2, -0.15) is 4.99 Å². The number of ether oxygens (including phenoxy) is 1. The summed E-state index contributed by atoms with van der Waals surface area (Å²) in [6, 6.07) is 12.0. The Kier molecular flexibility index (Phi) is 7.17. The lowest BCUT2D eigenvalue weighted by Gasteiger charge is -2.18. The first kappa shape index (κ1) is 24.4. The molecule has 0 fully saturated rings. The van der Waals surface area contributed by atoms with Gasteiger partial charge < -0.3 is 14.6 Å². The molecule has 0 bridgehead atoms. The zero-order valence-electron chi connectivity index (χ0n) is 19.8. The second kappa shape index (κ2) is 9.70. The molecule has 0 saturated carbocycles. The number of aromatic nitrogens is 1. The number of carbonyl (C=O) groups is 3. The Morgan fingerprint density at radius 1 is 1.12 bits per heavy atom. The van der Waals surface area contributed by atoms with Crippen molar-refractivity contribution in [1.29, 1.82) is 0 Å². The van der Waals surface area contributed by atoms with Crippen molar-refractivity contribution in [3.05, 3.63) is 58.4 Å². The van der Waals surface area contributed by atoms with Crippen LogP contribution in [0.3, 0.4) is 0 Å². The summed E-state index contributed by atoms with van der Waals surface area (Å²) in [6.45, 7) is 9.35. The summed E-state index contributed by atoms with van der Waals surface area (Å²) in [6.07, 6.45) is 0.465. The minimum atomic E-state index is -0.636. The predicted octanol–water partition coefficient (Wildman–Crippen LogP) is 4.86. The van der Waals surface area contributed by atoms with Crippen LogP contribution in [0.1, 0.15) is 56.1 Å². The van der Waals surface area contributed by atoms with Crippen molar-refractivity contribution in [2.24, 2.45) is 10.4 Å². The monoisotopic (exact) mass is 467 g/mol. The van der Waals surface area contributed by atoms with Gasteiger partial charge in [0, 0.05) is 16.7 Å². The number of thiazole rings is 1. The van der Waals surface area contributed by atoms with Crippen molar-refractivity contribution in [1.82, 2.24) is 4.57 Å². The lowest BCUT2D eigenvalue weighted by atomic mass is 9.95. The Bertz CT molecular complexity index is 1260. The largest absolute Gasteiger partial charge is 0.467 e. The van der Waals surface area contributed by atoms with Crippen LogP contribution in [0.2, 0.25) is 0 Å². The van der Waals surface area contributed by atoms with Gasteiger partial charge in [0.2, 0.25) is 5.91 Å². The lowest BCUT2D eigenvalue weighted by Crippen LogP contribution is -2.28. The maximum Gasteiger partial charge on any atom is 0.328 e. The molecule has 1 N–H and O–H groups in total. The van der Waals surface area contributed by atoms with Crippen LogP contribution in [0.25, 0.3) is 10.2 Å². The van der Waals surface area contributed by atoms with E-state index in [0.717, 1.165) is 15.8 Å². The topological polar surface area (TPSA) is 89.8 Å². The van der Waals surface area contributed by atoms with Crippen molar-refractivity contribution < 1.29 is 19.1 Å². The van der Waals surface area contributed by atoms with Crippen LogP contribution in [-0.4, -0.2) is 29.5 Å². The molecule has 1 aromatic heterocycles. The van der Waals surface area contributed by atoms with E-state index in [1.807, 2.05) is 58.9 Å². The number of benzene rings is 2. The standard InChI is InChI=1S/C25H29N3O4S/c1-7-18(22(30)32-6)28-19-13-12-17(26-23(31)25(3,4)5)14-20(19)33-24(28)27-21(29)16-10-8-15(2)9-11-16/h8-14,18H,7H2,1-6H3,(H,26,31). The SMILES string of the molecule is CCC(C(=O)OC)n1c(=NC(=O)c2ccc(C)cc2)sc2cc(NC(=O)C(C)(C)C)ccc21. The zero-order valence-corrected chi connectivity index (χ0v) is 20.6. The molecule has 33 heavy (non-hydrogen) atoms. The zero-order chi connectivity index (χ0) is 24.3. The fourth-order valence-corrected chi connectivity index (χ4v) is 4.36. The number of hydrogen-bond acceptors (Lipinski definition) is 5. The van der Waals surface area contributed by atoms with Gasteiger partial charge in [-0.15, -0.1) is 0 Å². The van der Waals surface area contributed by atoms with E-state index < -0.39 is 23.3 Å². The third-order valence-corrected chi connectivity index (χ3v) is 6.25. The smallest absolute Gasteiger partial charge is 0.328 e. The van der Waals surface area contributed by atoms with E-state index >= 15 is 0 Å². The Hall–Kier alpha value is -3.26. The number of anilines is 1. The summed E-state index contributed by atoms with van der Waals surface area (Å²) in [5, 5.41) is 2.92. The Morgan fingerprint density at radius 3 is 2.36 bits per heavy atom. The maximum absolute atomic E-state index is 12.9. The molecule has 1 heterocycles. The number of aryl methyl sites for hydroxylation is 1. The van der Waals surface area contributed by atoms with Crippen molar-refractivity contribution in [3.8, 4) is 0 Å². The van der Waals surface area contributed by atoms with Gasteiger partial charge in [-0.1, -0.05) is 56.7 Å². The van der Waals surface area contributed by atoms with Gasteiger partial charge in [-0.3, -0.25) is 9.59 Å². The number of hydrogen-bond donors (Lipinski definition) is 1. The molecule has 3 rings (SSSR count). The van der Waals surface area contributed by atoms with Crippen molar-refractivity contribution in [3.63, 3.8) is 0 Å². The van der Waals surface area contributed by atoms with Crippen LogP contribution in [0.5, 0.6) is 0 Å². The molecular weight excluding hydrogens is 438 g/mol. The molecule has 1 unspecified atom stereocenters. The van der Waals surface area contributed by atoms with Crippen LogP contribution in [-0.2, 0) is 14.3 Å². The van der Waals surface area contributed by atoms with Crippen molar-refractivity contribution in [2.75, 3.05) is 12.4 Å². The molecule has 0 aliphatic heterocycles. The molecule has 174 valence electrons. The summed E-state index contributed by atoms with van der Waals surface area (Å²) < 4.78 is 7.54. The number of esters is 1. The highest BCUT2D eigenvalue weighted by molar-refractivity contribution is 7.16. The van der Waals surface area contributed by atoms with E-state index in [9.17, 15) is 14.4 Å². The highest BCUT2D eigenvalue weighted by atomic mass is 32.1. The van der Waals surface area contributed by atoms with Crippen LogP contribution in [0, 0.1) is 12.3 Å². The van der Waals surface area contributed by atoms with E-state index in [2.05, 4.69) is 10.3 Å². The number of amides is 2. The molecule has 2 aromatic carbocycles. The molecule has 7 nitrogen and oxygen atoms in total. The second-order valence-corrected chi connectivity index (χ2v) is 9.88. The summed E-state index contributed by atoms with van der Waals surface area (Å²) in [5.74, 6) is -0.908. The predicted molar refractivity (Wildman–Crippen MR) is 130 cm³/mol. The first-order chi connectivity index (χ1) is 15.5. The number of rotatable bonds is 5. The van der Waals surface area contributed by atoms with Gasteiger partial charge in [0.1, 0.15) is 6.04 Å². The fraction of sp³-hybridized carbons (Fsp3) is 0.360. The molecule has 2 amide bonds. The van der Waals surface area contributed by atoms with Gasteiger partial charge in [0.15, 0.2) is 4.80 Å². The van der Waals surface area contributed by atoms with Crippen LogP contribution < -0.4 is 10.1 Å². The number of fused-ring (bicyclic) bond motifs is 1. The molecule has 0 aliphatic carbocycles.